The first kappa shape index (κ1) is 33.4. The molecule has 0 aromatic carbocycles. The fraction of sp³-hybridized carbons (Fsp3) is 0.621. The van der Waals surface area contributed by atoms with Crippen LogP contribution in [0, 0.1) is 11.3 Å². The summed E-state index contributed by atoms with van der Waals surface area (Å²) in [6.45, 7) is 11.5. The third-order valence-corrected chi connectivity index (χ3v) is 6.90. The summed E-state index contributed by atoms with van der Waals surface area (Å²) in [5.41, 5.74) is -0.552. The highest BCUT2D eigenvalue weighted by molar-refractivity contribution is 6.38. The second-order valence-electron chi connectivity index (χ2n) is 12.0. The second-order valence-corrected chi connectivity index (χ2v) is 12.0. The number of Topliss-reactive ketones (excluding diaryl/α,β-unsaturated/α-hetero) is 1. The van der Waals surface area contributed by atoms with Gasteiger partial charge in [0.15, 0.2) is 0 Å². The molecular formula is C29H44N6O6. The summed E-state index contributed by atoms with van der Waals surface area (Å²) < 4.78 is 0. The lowest BCUT2D eigenvalue weighted by Crippen LogP contribution is -2.59. The minimum Gasteiger partial charge on any atom is -0.347 e. The number of anilines is 1. The van der Waals surface area contributed by atoms with Gasteiger partial charge < -0.3 is 26.6 Å². The lowest BCUT2D eigenvalue weighted by Gasteiger charge is -2.31. The van der Waals surface area contributed by atoms with Crippen molar-refractivity contribution < 1.29 is 28.8 Å². The van der Waals surface area contributed by atoms with E-state index in [1.807, 2.05) is 0 Å². The number of rotatable bonds is 11. The fourth-order valence-electron chi connectivity index (χ4n) is 4.49. The van der Waals surface area contributed by atoms with Crippen molar-refractivity contribution in [1.29, 1.82) is 0 Å². The topological polar surface area (TPSA) is 175 Å². The van der Waals surface area contributed by atoms with E-state index in [9.17, 15) is 28.8 Å². The molecule has 2 rings (SSSR count). The van der Waals surface area contributed by atoms with Gasteiger partial charge in [0, 0.05) is 19.2 Å². The van der Waals surface area contributed by atoms with E-state index < -0.39 is 53.0 Å². The minimum absolute atomic E-state index is 0.0441. The summed E-state index contributed by atoms with van der Waals surface area (Å²) in [5, 5.41) is 13.2. The normalized spacial score (nSPS) is 16.1. The molecule has 1 aromatic heterocycles. The number of pyridine rings is 1. The summed E-state index contributed by atoms with van der Waals surface area (Å²) in [6.07, 6.45) is 6.04. The van der Waals surface area contributed by atoms with Gasteiger partial charge in [0.2, 0.25) is 23.5 Å². The van der Waals surface area contributed by atoms with Crippen LogP contribution < -0.4 is 26.6 Å². The Kier molecular flexibility index (Phi) is 12.0. The SMILES string of the molecule is CC(=O)Nc1ccc(C(=O)NC(C(=O)NC(C)C(=O)NC(C(=O)C(=O)NC2CCCCC2)C(C)C)C(C)(C)C)cn1. The van der Waals surface area contributed by atoms with Gasteiger partial charge in [0.05, 0.1) is 11.6 Å². The van der Waals surface area contributed by atoms with Gasteiger partial charge in [0.1, 0.15) is 17.9 Å². The summed E-state index contributed by atoms with van der Waals surface area (Å²) >= 11 is 0. The van der Waals surface area contributed by atoms with E-state index >= 15 is 0 Å². The molecule has 0 radical (unpaired) electrons. The van der Waals surface area contributed by atoms with Crippen molar-refractivity contribution in [3.63, 3.8) is 0 Å². The lowest BCUT2D eigenvalue weighted by atomic mass is 9.85. The fourth-order valence-corrected chi connectivity index (χ4v) is 4.49. The molecule has 41 heavy (non-hydrogen) atoms. The molecule has 5 amide bonds. The summed E-state index contributed by atoms with van der Waals surface area (Å²) in [7, 11) is 0. The average Bonchev–Trinajstić information content (AvgIpc) is 2.89. The van der Waals surface area contributed by atoms with Crippen LogP contribution in [-0.2, 0) is 24.0 Å². The maximum absolute atomic E-state index is 13.2. The molecule has 1 fully saturated rings. The van der Waals surface area contributed by atoms with Crippen LogP contribution in [0.3, 0.4) is 0 Å². The molecule has 12 heteroatoms. The van der Waals surface area contributed by atoms with Crippen LogP contribution in [0.2, 0.25) is 0 Å². The van der Waals surface area contributed by atoms with Crippen molar-refractivity contribution in [2.45, 2.75) is 105 Å². The average molecular weight is 573 g/mol. The number of hydrogen-bond donors (Lipinski definition) is 5. The Hall–Kier alpha value is -3.83. The van der Waals surface area contributed by atoms with Gasteiger partial charge in [-0.3, -0.25) is 28.8 Å². The number of nitrogens with zero attached hydrogens (tertiary/aromatic N) is 1. The molecule has 12 nitrogen and oxygen atoms in total. The van der Waals surface area contributed by atoms with Crippen LogP contribution in [0.15, 0.2) is 18.3 Å². The summed E-state index contributed by atoms with van der Waals surface area (Å²) in [5.74, 6) is -3.62. The Morgan fingerprint density at radius 1 is 0.878 bits per heavy atom. The van der Waals surface area contributed by atoms with E-state index in [0.29, 0.717) is 0 Å². The van der Waals surface area contributed by atoms with Gasteiger partial charge >= 0.3 is 0 Å². The highest BCUT2D eigenvalue weighted by atomic mass is 16.2. The number of amides is 5. The summed E-state index contributed by atoms with van der Waals surface area (Å²) in [6, 6.07) is -0.248. The predicted octanol–water partition coefficient (Wildman–Crippen LogP) is 1.85. The quantitative estimate of drug-likeness (QED) is 0.251. The molecule has 0 saturated heterocycles. The molecule has 1 saturated carbocycles. The molecule has 0 spiro atoms. The Morgan fingerprint density at radius 3 is 2.02 bits per heavy atom. The van der Waals surface area contributed by atoms with Gasteiger partial charge in [-0.05, 0) is 43.2 Å². The highest BCUT2D eigenvalue weighted by Crippen LogP contribution is 2.21. The number of ketones is 1. The first-order valence-electron chi connectivity index (χ1n) is 14.1. The highest BCUT2D eigenvalue weighted by Gasteiger charge is 2.36. The van der Waals surface area contributed by atoms with Crippen LogP contribution in [-0.4, -0.2) is 64.5 Å². The second kappa shape index (κ2) is 14.7. The van der Waals surface area contributed by atoms with Crippen molar-refractivity contribution in [2.75, 3.05) is 5.32 Å². The first-order chi connectivity index (χ1) is 19.1. The standard InChI is InChI=1S/C29H44N6O6/c1-16(2)22(23(37)27(40)33-20-11-9-8-10-12-20)34-25(38)17(3)31-28(41)24(29(5,6)7)35-26(39)19-13-14-21(30-15-19)32-18(4)36/h13-17,20,22,24H,8-12H2,1-7H3,(H,31,41)(H,33,40)(H,34,38)(H,35,39)(H,30,32,36). The predicted molar refractivity (Wildman–Crippen MR) is 154 cm³/mol. The Labute approximate surface area is 241 Å². The van der Waals surface area contributed by atoms with Crippen molar-refractivity contribution in [3.8, 4) is 0 Å². The Balaban J connectivity index is 2.04. The molecule has 5 N–H and O–H groups in total. The number of carbonyl (C=O) groups excluding carboxylic acids is 6. The Bertz CT molecular complexity index is 1120. The van der Waals surface area contributed by atoms with Crippen LogP contribution in [0.5, 0.6) is 0 Å². The molecule has 226 valence electrons. The molecule has 0 bridgehead atoms. The molecule has 0 aliphatic heterocycles. The van der Waals surface area contributed by atoms with Crippen molar-refractivity contribution >= 4 is 41.1 Å². The number of carbonyl (C=O) groups is 6. The van der Waals surface area contributed by atoms with E-state index in [1.54, 1.807) is 34.6 Å². The van der Waals surface area contributed by atoms with E-state index in [4.69, 9.17) is 0 Å². The molecule has 1 aliphatic rings. The van der Waals surface area contributed by atoms with E-state index in [0.717, 1.165) is 32.1 Å². The Morgan fingerprint density at radius 2 is 1.51 bits per heavy atom. The van der Waals surface area contributed by atoms with Gasteiger partial charge in [-0.2, -0.15) is 0 Å². The minimum atomic E-state index is -1.06. The van der Waals surface area contributed by atoms with E-state index in [1.165, 1.54) is 32.2 Å². The van der Waals surface area contributed by atoms with Gasteiger partial charge in [-0.25, -0.2) is 4.98 Å². The largest absolute Gasteiger partial charge is 0.347 e. The third kappa shape index (κ3) is 10.3. The molecule has 1 heterocycles. The lowest BCUT2D eigenvalue weighted by molar-refractivity contribution is -0.141. The summed E-state index contributed by atoms with van der Waals surface area (Å²) in [4.78, 5) is 79.9. The molecule has 1 aromatic rings. The van der Waals surface area contributed by atoms with Gasteiger partial charge in [-0.15, -0.1) is 0 Å². The zero-order valence-electron chi connectivity index (χ0n) is 25.1. The zero-order valence-corrected chi connectivity index (χ0v) is 25.1. The number of aromatic nitrogens is 1. The van der Waals surface area contributed by atoms with Gasteiger partial charge in [0.25, 0.3) is 11.8 Å². The molecule has 3 atom stereocenters. The van der Waals surface area contributed by atoms with Crippen molar-refractivity contribution in [2.24, 2.45) is 11.3 Å². The number of nitrogens with one attached hydrogen (secondary N) is 5. The van der Waals surface area contributed by atoms with Crippen LogP contribution in [0.4, 0.5) is 5.82 Å². The van der Waals surface area contributed by atoms with Crippen LogP contribution in [0.25, 0.3) is 0 Å². The maximum Gasteiger partial charge on any atom is 0.289 e. The molecular weight excluding hydrogens is 528 g/mol. The maximum atomic E-state index is 13.2. The first-order valence-corrected chi connectivity index (χ1v) is 14.1. The van der Waals surface area contributed by atoms with Crippen LogP contribution in [0.1, 0.15) is 90.9 Å². The van der Waals surface area contributed by atoms with Gasteiger partial charge in [-0.1, -0.05) is 53.9 Å². The number of hydrogen-bond acceptors (Lipinski definition) is 7. The zero-order chi connectivity index (χ0) is 30.9. The third-order valence-electron chi connectivity index (χ3n) is 6.90. The monoisotopic (exact) mass is 572 g/mol. The van der Waals surface area contributed by atoms with Crippen LogP contribution >= 0.6 is 0 Å². The molecule has 1 aliphatic carbocycles. The van der Waals surface area contributed by atoms with E-state index in [-0.39, 0.29) is 29.2 Å². The van der Waals surface area contributed by atoms with Crippen molar-refractivity contribution in [1.82, 2.24) is 26.3 Å². The smallest absolute Gasteiger partial charge is 0.289 e. The molecule has 3 unspecified atom stereocenters. The van der Waals surface area contributed by atoms with E-state index in [2.05, 4.69) is 31.6 Å². The van der Waals surface area contributed by atoms with Crippen molar-refractivity contribution in [3.05, 3.63) is 23.9 Å².